The van der Waals surface area contributed by atoms with E-state index in [1.54, 1.807) is 6.07 Å². The van der Waals surface area contributed by atoms with Gasteiger partial charge in [-0.1, -0.05) is 18.7 Å². The molecule has 11 heteroatoms. The van der Waals surface area contributed by atoms with Crippen molar-refractivity contribution < 1.29 is 23.0 Å². The number of methoxy groups -OCH3 is 1. The lowest BCUT2D eigenvalue weighted by Gasteiger charge is -2.25. The molecule has 1 amide bonds. The molecule has 1 aliphatic heterocycles. The van der Waals surface area contributed by atoms with Crippen LogP contribution in [0.2, 0.25) is 0 Å². The Balaban J connectivity index is 1.59. The van der Waals surface area contributed by atoms with E-state index in [9.17, 15) is 9.18 Å². The summed E-state index contributed by atoms with van der Waals surface area (Å²) >= 11 is 1.44. The average Bonchev–Trinajstić information content (AvgIpc) is 3.71. The Morgan fingerprint density at radius 1 is 1.16 bits per heavy atom. The number of pyridine rings is 1. The highest BCUT2D eigenvalue weighted by molar-refractivity contribution is 7.18. The van der Waals surface area contributed by atoms with Gasteiger partial charge >= 0.3 is 0 Å². The first-order valence-corrected chi connectivity index (χ1v) is 15.5. The van der Waals surface area contributed by atoms with E-state index >= 15 is 4.39 Å². The van der Waals surface area contributed by atoms with Gasteiger partial charge in [-0.2, -0.15) is 5.10 Å². The normalized spacial score (nSPS) is 13.9. The minimum Gasteiger partial charge on any atom is -0.490 e. The standard InChI is InChI=1S/C34H33F2N5O3S/c1-5-29(42)37-19(2)26-17-27(40-39-26)33-31(30-25(36)15-23(35)16-28(30)44-12-11-43-4)34-24(9-13-45-34)32(38-33)21-6-7-22-18-41(3)10-8-20(22)14-21/h5-7,9,13-17,19H,1,8,10-12,18H2,2-4H3,(H,37,42)(H,39,40)/t19-/m0/s1. The Bertz CT molecular complexity index is 1900. The number of carbonyl (C=O) groups is 1. The van der Waals surface area contributed by atoms with Crippen LogP contribution >= 0.6 is 11.3 Å². The van der Waals surface area contributed by atoms with Crippen LogP contribution in [-0.4, -0.2) is 59.9 Å². The van der Waals surface area contributed by atoms with E-state index in [1.165, 1.54) is 41.7 Å². The number of aromatic amines is 1. The molecule has 2 N–H and O–H groups in total. The molecule has 0 spiro atoms. The van der Waals surface area contributed by atoms with E-state index in [1.807, 2.05) is 18.4 Å². The molecule has 45 heavy (non-hydrogen) atoms. The molecular formula is C34H33F2N5O3S. The van der Waals surface area contributed by atoms with E-state index in [0.717, 1.165) is 46.9 Å². The molecule has 0 saturated carbocycles. The van der Waals surface area contributed by atoms with Crippen molar-refractivity contribution in [2.45, 2.75) is 25.9 Å². The summed E-state index contributed by atoms with van der Waals surface area (Å²) in [6, 6.07) is 11.8. The van der Waals surface area contributed by atoms with Crippen LogP contribution in [0.4, 0.5) is 8.78 Å². The molecule has 232 valence electrons. The summed E-state index contributed by atoms with van der Waals surface area (Å²) in [6.07, 6.45) is 2.13. The lowest BCUT2D eigenvalue weighted by atomic mass is 9.93. The van der Waals surface area contributed by atoms with Gasteiger partial charge in [0.15, 0.2) is 0 Å². The Hall–Kier alpha value is -4.45. The zero-order valence-corrected chi connectivity index (χ0v) is 26.1. The van der Waals surface area contributed by atoms with Crippen molar-refractivity contribution in [2.24, 2.45) is 0 Å². The third-order valence-electron chi connectivity index (χ3n) is 7.96. The zero-order chi connectivity index (χ0) is 31.7. The van der Waals surface area contributed by atoms with Gasteiger partial charge in [0.2, 0.25) is 5.91 Å². The molecule has 0 saturated heterocycles. The van der Waals surface area contributed by atoms with Gasteiger partial charge in [0.05, 0.1) is 29.6 Å². The van der Waals surface area contributed by atoms with Crippen LogP contribution < -0.4 is 10.1 Å². The van der Waals surface area contributed by atoms with Crippen LogP contribution in [0.1, 0.15) is 29.8 Å². The molecule has 3 aromatic heterocycles. The Labute approximate surface area is 263 Å². The lowest BCUT2D eigenvalue weighted by Crippen LogP contribution is -2.26. The van der Waals surface area contributed by atoms with Gasteiger partial charge in [-0.25, -0.2) is 13.8 Å². The molecule has 0 fully saturated rings. The maximum absolute atomic E-state index is 15.9. The average molecular weight is 630 g/mol. The molecule has 4 heterocycles. The topological polar surface area (TPSA) is 92.4 Å². The van der Waals surface area contributed by atoms with E-state index in [4.69, 9.17) is 14.5 Å². The van der Waals surface area contributed by atoms with E-state index in [2.05, 4.69) is 52.2 Å². The Morgan fingerprint density at radius 3 is 2.80 bits per heavy atom. The van der Waals surface area contributed by atoms with Crippen LogP contribution in [0.3, 0.4) is 0 Å². The van der Waals surface area contributed by atoms with Gasteiger partial charge < -0.3 is 19.7 Å². The number of aromatic nitrogens is 3. The molecule has 5 aromatic rings. The van der Waals surface area contributed by atoms with Crippen LogP contribution in [0.5, 0.6) is 5.75 Å². The molecule has 2 aromatic carbocycles. The van der Waals surface area contributed by atoms with Crippen molar-refractivity contribution in [3.63, 3.8) is 0 Å². The maximum atomic E-state index is 15.9. The molecule has 1 aliphatic rings. The van der Waals surface area contributed by atoms with Crippen LogP contribution in [-0.2, 0) is 22.5 Å². The molecule has 0 radical (unpaired) electrons. The SMILES string of the molecule is C=CC(=O)N[C@@H](C)c1cc(-c2nc(-c3ccc4c(c3)CCN(C)C4)c3ccsc3c2-c2c(F)cc(F)cc2OCCOC)n[nH]1. The number of likely N-dealkylation sites (N-methyl/N-ethyl adjacent to an activating group) is 1. The second-order valence-corrected chi connectivity index (χ2v) is 12.0. The first-order valence-electron chi connectivity index (χ1n) is 14.6. The first-order chi connectivity index (χ1) is 21.8. The summed E-state index contributed by atoms with van der Waals surface area (Å²) in [5.74, 6) is -1.83. The van der Waals surface area contributed by atoms with Crippen molar-refractivity contribution in [3.8, 4) is 39.5 Å². The number of ether oxygens (including phenoxy) is 2. The van der Waals surface area contributed by atoms with Crippen LogP contribution in [0.25, 0.3) is 43.9 Å². The third kappa shape index (κ3) is 6.11. The lowest BCUT2D eigenvalue weighted by molar-refractivity contribution is -0.117. The number of halogens is 2. The Kier molecular flexibility index (Phi) is 8.75. The highest BCUT2D eigenvalue weighted by Crippen LogP contribution is 2.47. The van der Waals surface area contributed by atoms with Crippen molar-refractivity contribution in [3.05, 3.63) is 89.0 Å². The summed E-state index contributed by atoms with van der Waals surface area (Å²) in [5, 5.41) is 13.1. The molecule has 0 aliphatic carbocycles. The fraction of sp³-hybridized carbons (Fsp3) is 0.265. The number of thiophene rings is 1. The summed E-state index contributed by atoms with van der Waals surface area (Å²) in [7, 11) is 3.64. The molecule has 0 bridgehead atoms. The third-order valence-corrected chi connectivity index (χ3v) is 8.89. The fourth-order valence-corrected chi connectivity index (χ4v) is 6.62. The summed E-state index contributed by atoms with van der Waals surface area (Å²) < 4.78 is 42.2. The molecule has 1 atom stereocenters. The first kappa shape index (κ1) is 30.6. The van der Waals surface area contributed by atoms with Gasteiger partial charge in [0.1, 0.15) is 35.4 Å². The largest absolute Gasteiger partial charge is 0.490 e. The molecule has 6 rings (SSSR count). The second-order valence-electron chi connectivity index (χ2n) is 11.1. The molecular weight excluding hydrogens is 596 g/mol. The summed E-state index contributed by atoms with van der Waals surface area (Å²) in [6.45, 7) is 7.51. The number of fused-ring (bicyclic) bond motifs is 2. The molecule has 8 nitrogen and oxygen atoms in total. The van der Waals surface area contributed by atoms with Gasteiger partial charge in [0.25, 0.3) is 0 Å². The van der Waals surface area contributed by atoms with Crippen molar-refractivity contribution in [1.82, 2.24) is 25.4 Å². The predicted octanol–water partition coefficient (Wildman–Crippen LogP) is 6.67. The van der Waals surface area contributed by atoms with E-state index < -0.39 is 17.7 Å². The van der Waals surface area contributed by atoms with Gasteiger partial charge in [0, 0.05) is 53.5 Å². The number of hydrogen-bond acceptors (Lipinski definition) is 7. The van der Waals surface area contributed by atoms with Gasteiger partial charge in [-0.15, -0.1) is 11.3 Å². The highest BCUT2D eigenvalue weighted by atomic mass is 32.1. The minimum atomic E-state index is -0.784. The molecule has 0 unspecified atom stereocenters. The second kappa shape index (κ2) is 12.9. The highest BCUT2D eigenvalue weighted by Gasteiger charge is 2.27. The summed E-state index contributed by atoms with van der Waals surface area (Å²) in [5.41, 5.74) is 6.19. The Morgan fingerprint density at radius 2 is 2.00 bits per heavy atom. The van der Waals surface area contributed by atoms with Crippen LogP contribution in [0.15, 0.2) is 60.5 Å². The number of amides is 1. The zero-order valence-electron chi connectivity index (χ0n) is 25.2. The quantitative estimate of drug-likeness (QED) is 0.132. The van der Waals surface area contributed by atoms with Crippen LogP contribution in [0, 0.1) is 11.6 Å². The van der Waals surface area contributed by atoms with Crippen molar-refractivity contribution in [1.29, 1.82) is 0 Å². The van der Waals surface area contributed by atoms with Crippen molar-refractivity contribution >= 4 is 27.3 Å². The van der Waals surface area contributed by atoms with Gasteiger partial charge in [-0.3, -0.25) is 9.89 Å². The number of benzene rings is 2. The summed E-state index contributed by atoms with van der Waals surface area (Å²) in [4.78, 5) is 19.5. The van der Waals surface area contributed by atoms with Crippen molar-refractivity contribution in [2.75, 3.05) is 33.9 Å². The number of H-pyrrole nitrogens is 1. The fourth-order valence-electron chi connectivity index (χ4n) is 5.67. The van der Waals surface area contributed by atoms with E-state index in [-0.39, 0.29) is 30.4 Å². The number of nitrogens with one attached hydrogen (secondary N) is 2. The van der Waals surface area contributed by atoms with Gasteiger partial charge in [-0.05, 0) is 61.2 Å². The minimum absolute atomic E-state index is 0.0373. The predicted molar refractivity (Wildman–Crippen MR) is 172 cm³/mol. The number of nitrogens with zero attached hydrogens (tertiary/aromatic N) is 3. The monoisotopic (exact) mass is 629 g/mol. The number of rotatable bonds is 10. The maximum Gasteiger partial charge on any atom is 0.243 e. The number of hydrogen-bond donors (Lipinski definition) is 2. The number of carbonyl (C=O) groups excluding carboxylic acids is 1. The smallest absolute Gasteiger partial charge is 0.243 e. The van der Waals surface area contributed by atoms with E-state index in [0.29, 0.717) is 22.6 Å².